The van der Waals surface area contributed by atoms with Crippen LogP contribution >= 0.6 is 0 Å². The van der Waals surface area contributed by atoms with Gasteiger partial charge in [0.1, 0.15) is 33.7 Å². The summed E-state index contributed by atoms with van der Waals surface area (Å²) in [6.45, 7) is 4.72. The van der Waals surface area contributed by atoms with Crippen molar-refractivity contribution in [3.8, 4) is 0 Å². The van der Waals surface area contributed by atoms with E-state index in [1.807, 2.05) is 0 Å². The van der Waals surface area contributed by atoms with E-state index in [1.54, 1.807) is 20.8 Å². The van der Waals surface area contributed by atoms with Crippen molar-refractivity contribution in [2.75, 3.05) is 25.6 Å². The maximum atomic E-state index is 15.4. The molecule has 1 fully saturated rings. The number of amides is 2. The van der Waals surface area contributed by atoms with E-state index in [9.17, 15) is 22.4 Å². The minimum absolute atomic E-state index is 0.0297. The number of alkyl carbamates (subject to hydrolysis) is 1. The van der Waals surface area contributed by atoms with Crippen LogP contribution in [0.4, 0.5) is 19.3 Å². The van der Waals surface area contributed by atoms with Crippen molar-refractivity contribution in [1.29, 1.82) is 0 Å². The van der Waals surface area contributed by atoms with Crippen molar-refractivity contribution >= 4 is 33.7 Å². The lowest BCUT2D eigenvalue weighted by Gasteiger charge is -2.46. The Morgan fingerprint density at radius 1 is 1.18 bits per heavy atom. The predicted molar refractivity (Wildman–Crippen MR) is 133 cm³/mol. The molecule has 2 aliphatic rings. The summed E-state index contributed by atoms with van der Waals surface area (Å²) >= 11 is 0. The number of aliphatic imine (C=N–C) groups is 1. The first kappa shape index (κ1) is 27.4. The molecule has 2 N–H and O–H groups in total. The molecule has 1 aromatic carbocycles. The number of pyridine rings is 1. The van der Waals surface area contributed by atoms with Crippen molar-refractivity contribution in [3.63, 3.8) is 0 Å². The average molecular weight is 552 g/mol. The van der Waals surface area contributed by atoms with Crippen LogP contribution in [0.25, 0.3) is 0 Å². The van der Waals surface area contributed by atoms with Gasteiger partial charge in [-0.25, -0.2) is 36.3 Å². The quantitative estimate of drug-likeness (QED) is 0.598. The summed E-state index contributed by atoms with van der Waals surface area (Å²) in [5.41, 5.74) is -2.62. The number of sulfonamides is 1. The Labute approximate surface area is 218 Å². The van der Waals surface area contributed by atoms with E-state index in [0.717, 1.165) is 22.6 Å². The van der Waals surface area contributed by atoms with E-state index < -0.39 is 50.0 Å². The van der Waals surface area contributed by atoms with Crippen LogP contribution in [0.15, 0.2) is 41.5 Å². The standard InChI is InChI=1S/C24H27F2N5O6S/c1-23(2,3)37-22(33)29-21-30-24(9-10-36-13-19(24)38(34,35)31(21)4)16-11-15(6-7-17(16)26)28-20(32)18-8-5-14(25)12-27-18/h5-8,11-12,19H,9-10,13H2,1-4H3,(H,28,32)(H,29,30,33)/t19?,24-/m1/s1. The van der Waals surface area contributed by atoms with Crippen LogP contribution in [0, 0.1) is 11.6 Å². The first-order valence-electron chi connectivity index (χ1n) is 11.6. The largest absolute Gasteiger partial charge is 0.444 e. The van der Waals surface area contributed by atoms with Gasteiger partial charge < -0.3 is 14.8 Å². The molecule has 14 heteroatoms. The highest BCUT2D eigenvalue weighted by Crippen LogP contribution is 2.45. The fourth-order valence-electron chi connectivity index (χ4n) is 4.26. The third kappa shape index (κ3) is 5.31. The van der Waals surface area contributed by atoms with E-state index in [0.29, 0.717) is 0 Å². The highest BCUT2D eigenvalue weighted by molar-refractivity contribution is 7.90. The summed E-state index contributed by atoms with van der Waals surface area (Å²) in [5.74, 6) is -2.42. The number of nitrogens with one attached hydrogen (secondary N) is 2. The van der Waals surface area contributed by atoms with Gasteiger partial charge in [0.2, 0.25) is 16.0 Å². The Morgan fingerprint density at radius 2 is 1.92 bits per heavy atom. The summed E-state index contributed by atoms with van der Waals surface area (Å²) in [5, 5.41) is 3.60. The van der Waals surface area contributed by atoms with E-state index in [-0.39, 0.29) is 42.5 Å². The van der Waals surface area contributed by atoms with Crippen LogP contribution in [0.5, 0.6) is 0 Å². The molecule has 2 atom stereocenters. The van der Waals surface area contributed by atoms with Crippen molar-refractivity contribution in [3.05, 3.63) is 59.4 Å². The van der Waals surface area contributed by atoms with Crippen molar-refractivity contribution in [2.45, 2.75) is 43.6 Å². The number of guanidine groups is 1. The Balaban J connectivity index is 1.77. The minimum Gasteiger partial charge on any atom is -0.444 e. The van der Waals surface area contributed by atoms with Gasteiger partial charge in [0, 0.05) is 31.3 Å². The van der Waals surface area contributed by atoms with Gasteiger partial charge >= 0.3 is 6.09 Å². The number of anilines is 1. The van der Waals surface area contributed by atoms with Gasteiger partial charge in [-0.15, -0.1) is 0 Å². The second kappa shape index (κ2) is 9.91. The second-order valence-corrected chi connectivity index (χ2v) is 12.0. The van der Waals surface area contributed by atoms with Gasteiger partial charge in [0.25, 0.3) is 5.91 Å². The number of carbonyl (C=O) groups is 2. The molecule has 2 aromatic rings. The second-order valence-electron chi connectivity index (χ2n) is 9.82. The fourth-order valence-corrected chi connectivity index (χ4v) is 6.03. The first-order chi connectivity index (χ1) is 17.7. The molecule has 1 saturated heterocycles. The number of rotatable bonds is 3. The molecule has 0 saturated carbocycles. The zero-order valence-electron chi connectivity index (χ0n) is 21.1. The van der Waals surface area contributed by atoms with Gasteiger partial charge in [0.15, 0.2) is 0 Å². The van der Waals surface area contributed by atoms with Crippen LogP contribution in [0.1, 0.15) is 43.2 Å². The topological polar surface area (TPSA) is 139 Å². The SMILES string of the molecule is CN1C(NC(=O)OC(C)(C)C)=N[C@@]2(c3cc(NC(=O)c4ccc(F)cn4)ccc3F)CCOCC2S1(=O)=O. The molecule has 4 rings (SSSR count). The molecule has 1 aromatic heterocycles. The highest BCUT2D eigenvalue weighted by Gasteiger charge is 2.56. The molecule has 11 nitrogen and oxygen atoms in total. The summed E-state index contributed by atoms with van der Waals surface area (Å²) in [6, 6.07) is 5.90. The number of carbonyl (C=O) groups excluding carboxylic acids is 2. The molecule has 2 amide bonds. The minimum atomic E-state index is -4.20. The third-order valence-electron chi connectivity index (χ3n) is 6.04. The molecule has 0 spiro atoms. The molecule has 3 heterocycles. The maximum absolute atomic E-state index is 15.4. The van der Waals surface area contributed by atoms with E-state index in [1.165, 1.54) is 25.2 Å². The summed E-state index contributed by atoms with van der Waals surface area (Å²) in [6.07, 6.45) is -0.0846. The molecule has 1 unspecified atom stereocenters. The lowest BCUT2D eigenvalue weighted by Crippen LogP contribution is -2.62. The molecule has 2 aliphatic heterocycles. The van der Waals surface area contributed by atoms with E-state index in [4.69, 9.17) is 9.47 Å². The maximum Gasteiger partial charge on any atom is 0.414 e. The number of ether oxygens (including phenoxy) is 2. The summed E-state index contributed by atoms with van der Waals surface area (Å²) in [4.78, 5) is 33.4. The average Bonchev–Trinajstić information content (AvgIpc) is 2.83. The Kier molecular flexibility index (Phi) is 7.14. The zero-order valence-corrected chi connectivity index (χ0v) is 21.9. The molecular weight excluding hydrogens is 524 g/mol. The molecule has 0 bridgehead atoms. The molecular formula is C24H27F2N5O6S. The van der Waals surface area contributed by atoms with Crippen LogP contribution in [-0.2, 0) is 25.0 Å². The van der Waals surface area contributed by atoms with Gasteiger partial charge in [-0.2, -0.15) is 0 Å². The molecule has 0 aliphatic carbocycles. The van der Waals surface area contributed by atoms with E-state index >= 15 is 4.39 Å². The summed E-state index contributed by atoms with van der Waals surface area (Å²) in [7, 11) is -2.98. The number of fused-ring (bicyclic) bond motifs is 1. The number of nitrogens with zero attached hydrogens (tertiary/aromatic N) is 3. The Morgan fingerprint density at radius 3 is 2.58 bits per heavy atom. The molecule has 204 valence electrons. The van der Waals surface area contributed by atoms with Crippen LogP contribution in [-0.4, -0.2) is 66.8 Å². The van der Waals surface area contributed by atoms with Gasteiger partial charge in [-0.05, 0) is 51.1 Å². The normalized spacial score (nSPS) is 22.6. The van der Waals surface area contributed by atoms with Crippen molar-refractivity contribution in [1.82, 2.24) is 14.6 Å². The number of benzene rings is 1. The van der Waals surface area contributed by atoms with Crippen molar-refractivity contribution < 1.29 is 36.3 Å². The molecule has 0 radical (unpaired) electrons. The van der Waals surface area contributed by atoms with Crippen LogP contribution < -0.4 is 10.6 Å². The van der Waals surface area contributed by atoms with Crippen LogP contribution in [0.3, 0.4) is 0 Å². The Bertz CT molecular complexity index is 1390. The molecule has 38 heavy (non-hydrogen) atoms. The monoisotopic (exact) mass is 551 g/mol. The van der Waals surface area contributed by atoms with Gasteiger partial charge in [0.05, 0.1) is 12.8 Å². The lowest BCUT2D eigenvalue weighted by molar-refractivity contribution is 0.0501. The first-order valence-corrected chi connectivity index (χ1v) is 13.1. The number of aromatic nitrogens is 1. The number of hydrogen-bond donors (Lipinski definition) is 2. The fraction of sp³-hybridized carbons (Fsp3) is 0.417. The smallest absolute Gasteiger partial charge is 0.414 e. The van der Waals surface area contributed by atoms with E-state index in [2.05, 4.69) is 20.6 Å². The lowest BCUT2D eigenvalue weighted by atomic mass is 9.82. The van der Waals surface area contributed by atoms with Gasteiger partial charge in [-0.1, -0.05) is 0 Å². The van der Waals surface area contributed by atoms with Crippen molar-refractivity contribution in [2.24, 2.45) is 4.99 Å². The number of halogens is 2. The number of hydrogen-bond acceptors (Lipinski definition) is 8. The van der Waals surface area contributed by atoms with Crippen LogP contribution in [0.2, 0.25) is 0 Å². The van der Waals surface area contributed by atoms with Gasteiger partial charge in [-0.3, -0.25) is 10.1 Å². The zero-order chi connectivity index (χ0) is 27.9. The summed E-state index contributed by atoms with van der Waals surface area (Å²) < 4.78 is 67.1. The Hall–Kier alpha value is -3.65. The third-order valence-corrected chi connectivity index (χ3v) is 8.22. The predicted octanol–water partition coefficient (Wildman–Crippen LogP) is 2.75. The highest BCUT2D eigenvalue weighted by atomic mass is 32.2.